The van der Waals surface area contributed by atoms with Gasteiger partial charge in [0, 0.05) is 73.4 Å². The van der Waals surface area contributed by atoms with E-state index in [1.165, 1.54) is 30.0 Å². The normalized spacial score (nSPS) is 19.1. The van der Waals surface area contributed by atoms with Crippen molar-refractivity contribution in [3.8, 4) is 11.3 Å². The molecule has 1 atom stereocenters. The van der Waals surface area contributed by atoms with Gasteiger partial charge in [-0.3, -0.25) is 4.79 Å². The lowest BCUT2D eigenvalue weighted by Gasteiger charge is -2.32. The molecule has 1 unspecified atom stereocenters. The van der Waals surface area contributed by atoms with E-state index in [9.17, 15) is 9.18 Å². The molecule has 2 N–H and O–H groups in total. The summed E-state index contributed by atoms with van der Waals surface area (Å²) in [4.78, 5) is 21.6. The van der Waals surface area contributed by atoms with E-state index in [-0.39, 0.29) is 17.6 Å². The van der Waals surface area contributed by atoms with E-state index in [2.05, 4.69) is 42.7 Å². The van der Waals surface area contributed by atoms with Crippen LogP contribution in [0.2, 0.25) is 5.02 Å². The number of nitrogens with one attached hydrogen (secondary N) is 2. The SMILES string of the molecule is CN1CCN(CCC(=O)Nc2cc(Nc3cc(-c4cc(Cl)ccc4F)nnc3SCC3COC(C)(C)O3)ccn2)CC1. The molecule has 0 bridgehead atoms. The van der Waals surface area contributed by atoms with Gasteiger partial charge >= 0.3 is 0 Å². The predicted molar refractivity (Wildman–Crippen MR) is 163 cm³/mol. The molecular weight excluding hydrogens is 581 g/mol. The van der Waals surface area contributed by atoms with Gasteiger partial charge in [0.2, 0.25) is 5.91 Å². The number of nitrogens with zero attached hydrogens (tertiary/aromatic N) is 5. The third-order valence-electron chi connectivity index (χ3n) is 7.00. The molecule has 10 nitrogen and oxygen atoms in total. The van der Waals surface area contributed by atoms with E-state index in [0.29, 0.717) is 58.3 Å². The zero-order valence-electron chi connectivity index (χ0n) is 23.9. The highest BCUT2D eigenvalue weighted by atomic mass is 35.5. The Morgan fingerprint density at radius 2 is 1.98 bits per heavy atom. The highest BCUT2D eigenvalue weighted by molar-refractivity contribution is 7.99. The molecule has 0 saturated carbocycles. The number of thioether (sulfide) groups is 1. The Morgan fingerprint density at radius 3 is 2.74 bits per heavy atom. The Labute approximate surface area is 254 Å². The third-order valence-corrected chi connectivity index (χ3v) is 8.34. The molecule has 1 amide bonds. The van der Waals surface area contributed by atoms with E-state index in [0.717, 1.165) is 26.2 Å². The van der Waals surface area contributed by atoms with Crippen molar-refractivity contribution in [1.82, 2.24) is 25.0 Å². The van der Waals surface area contributed by atoms with Crippen LogP contribution in [0.5, 0.6) is 0 Å². The molecule has 42 heavy (non-hydrogen) atoms. The summed E-state index contributed by atoms with van der Waals surface area (Å²) in [6.45, 7) is 8.87. The number of likely N-dealkylation sites (N-methyl/N-ethyl adjacent to an activating group) is 1. The summed E-state index contributed by atoms with van der Waals surface area (Å²) < 4.78 is 26.3. The van der Waals surface area contributed by atoms with Gasteiger partial charge in [0.15, 0.2) is 5.79 Å². The Bertz CT molecular complexity index is 1410. The lowest BCUT2D eigenvalue weighted by molar-refractivity contribution is -0.135. The van der Waals surface area contributed by atoms with E-state index in [1.807, 2.05) is 13.8 Å². The van der Waals surface area contributed by atoms with Gasteiger partial charge in [0.05, 0.1) is 24.1 Å². The maximum Gasteiger partial charge on any atom is 0.226 e. The summed E-state index contributed by atoms with van der Waals surface area (Å²) in [6.07, 6.45) is 1.89. The average molecular weight is 616 g/mol. The highest BCUT2D eigenvalue weighted by Gasteiger charge is 2.32. The molecule has 0 radical (unpaired) electrons. The van der Waals surface area contributed by atoms with Crippen LogP contribution in [-0.4, -0.2) is 94.9 Å². The number of pyridine rings is 1. The zero-order valence-corrected chi connectivity index (χ0v) is 25.5. The Kier molecular flexibility index (Phi) is 9.92. The summed E-state index contributed by atoms with van der Waals surface area (Å²) in [7, 11) is 2.11. The number of halogens is 2. The number of anilines is 3. The molecule has 2 aliphatic rings. The third kappa shape index (κ3) is 8.36. The van der Waals surface area contributed by atoms with E-state index in [1.54, 1.807) is 24.4 Å². The van der Waals surface area contributed by atoms with Crippen LogP contribution in [0.1, 0.15) is 20.3 Å². The van der Waals surface area contributed by atoms with Gasteiger partial charge in [-0.2, -0.15) is 0 Å². The molecule has 0 aliphatic carbocycles. The van der Waals surface area contributed by atoms with Crippen LogP contribution < -0.4 is 10.6 Å². The molecule has 4 heterocycles. The van der Waals surface area contributed by atoms with Crippen molar-refractivity contribution in [3.63, 3.8) is 0 Å². The number of piperazine rings is 1. The van der Waals surface area contributed by atoms with Crippen molar-refractivity contribution in [2.45, 2.75) is 37.2 Å². The number of hydrogen-bond acceptors (Lipinski definition) is 10. The number of carbonyl (C=O) groups is 1. The summed E-state index contributed by atoms with van der Waals surface area (Å²) in [5, 5.41) is 15.9. The lowest BCUT2D eigenvalue weighted by atomic mass is 10.1. The number of amides is 1. The number of aromatic nitrogens is 3. The topological polar surface area (TPSA) is 105 Å². The van der Waals surface area contributed by atoms with E-state index < -0.39 is 11.6 Å². The number of rotatable bonds is 10. The molecule has 2 fully saturated rings. The molecule has 224 valence electrons. The quantitative estimate of drug-likeness (QED) is 0.306. The molecule has 3 aromatic rings. The van der Waals surface area contributed by atoms with E-state index in [4.69, 9.17) is 21.1 Å². The molecule has 5 rings (SSSR count). The summed E-state index contributed by atoms with van der Waals surface area (Å²) >= 11 is 7.59. The molecule has 2 saturated heterocycles. The Morgan fingerprint density at radius 1 is 1.17 bits per heavy atom. The van der Waals surface area contributed by atoms with Gasteiger partial charge in [0.1, 0.15) is 16.7 Å². The van der Waals surface area contributed by atoms with Crippen LogP contribution in [0.15, 0.2) is 47.6 Å². The standard InChI is InChI=1S/C29H35ClFN7O3S/c1-29(2)40-17-21(41-29)18-42-28-25(16-24(35-36-28)22-14-19(30)4-5-23(22)31)33-20-6-8-32-26(15-20)34-27(39)7-9-38-12-10-37(3)11-13-38/h4-6,8,14-16,21H,7,9-13,17-18H2,1-3H3,(H2,32,33,34,35,39). The molecule has 13 heteroatoms. The van der Waals surface area contributed by atoms with Gasteiger partial charge in [-0.25, -0.2) is 9.37 Å². The predicted octanol–water partition coefficient (Wildman–Crippen LogP) is 4.89. The van der Waals surface area contributed by atoms with Crippen LogP contribution in [0.3, 0.4) is 0 Å². The molecular formula is C29H35ClFN7O3S. The summed E-state index contributed by atoms with van der Waals surface area (Å²) in [5.74, 6) is -0.166. The fraction of sp³-hybridized carbons (Fsp3) is 0.448. The Hall–Kier alpha value is -2.87. The molecule has 0 spiro atoms. The van der Waals surface area contributed by atoms with E-state index >= 15 is 0 Å². The second-order valence-corrected chi connectivity index (χ2v) is 12.3. The summed E-state index contributed by atoms with van der Waals surface area (Å²) in [5.41, 5.74) is 1.86. The first-order valence-corrected chi connectivity index (χ1v) is 15.2. The maximum absolute atomic E-state index is 14.7. The van der Waals surface area contributed by atoms with Gasteiger partial charge in [-0.1, -0.05) is 23.4 Å². The van der Waals surface area contributed by atoms with Gasteiger partial charge in [-0.15, -0.1) is 10.2 Å². The number of ether oxygens (including phenoxy) is 2. The smallest absolute Gasteiger partial charge is 0.226 e. The molecule has 1 aromatic carbocycles. The van der Waals surface area contributed by atoms with Crippen molar-refractivity contribution in [3.05, 3.63) is 53.4 Å². The van der Waals surface area contributed by atoms with Crippen LogP contribution in [0.25, 0.3) is 11.3 Å². The molecule has 2 aliphatic heterocycles. The van der Waals surface area contributed by atoms with Crippen LogP contribution in [0, 0.1) is 5.82 Å². The highest BCUT2D eigenvalue weighted by Crippen LogP contribution is 2.34. The van der Waals surface area contributed by atoms with Crippen molar-refractivity contribution in [2.24, 2.45) is 0 Å². The number of hydrogen-bond donors (Lipinski definition) is 2. The molecule has 2 aromatic heterocycles. The zero-order chi connectivity index (χ0) is 29.7. The van der Waals surface area contributed by atoms with Crippen LogP contribution in [-0.2, 0) is 14.3 Å². The van der Waals surface area contributed by atoms with Crippen LogP contribution in [0.4, 0.5) is 21.6 Å². The average Bonchev–Trinajstić information content (AvgIpc) is 3.32. The van der Waals surface area contributed by atoms with Crippen molar-refractivity contribution >= 4 is 46.5 Å². The fourth-order valence-corrected chi connectivity index (χ4v) is 5.73. The first-order valence-electron chi connectivity index (χ1n) is 13.8. The Balaban J connectivity index is 1.30. The monoisotopic (exact) mass is 615 g/mol. The van der Waals surface area contributed by atoms with Crippen molar-refractivity contribution in [2.75, 3.05) is 62.8 Å². The largest absolute Gasteiger partial charge is 0.353 e. The van der Waals surface area contributed by atoms with Gasteiger partial charge < -0.3 is 29.9 Å². The second kappa shape index (κ2) is 13.6. The van der Waals surface area contributed by atoms with Gasteiger partial charge in [-0.05, 0) is 51.2 Å². The van der Waals surface area contributed by atoms with Crippen molar-refractivity contribution < 1.29 is 18.7 Å². The first-order chi connectivity index (χ1) is 20.1. The minimum absolute atomic E-state index is 0.0965. The van der Waals surface area contributed by atoms with Crippen LogP contribution >= 0.6 is 23.4 Å². The fourth-order valence-electron chi connectivity index (χ4n) is 4.69. The van der Waals surface area contributed by atoms with Gasteiger partial charge in [0.25, 0.3) is 0 Å². The summed E-state index contributed by atoms with van der Waals surface area (Å²) in [6, 6.07) is 9.57. The maximum atomic E-state index is 14.7. The minimum Gasteiger partial charge on any atom is -0.353 e. The second-order valence-electron chi connectivity index (χ2n) is 10.8. The number of carbonyl (C=O) groups excluding carboxylic acids is 1. The minimum atomic E-state index is -0.631. The lowest BCUT2D eigenvalue weighted by Crippen LogP contribution is -2.45. The number of benzene rings is 1. The first kappa shape index (κ1) is 30.6. The van der Waals surface area contributed by atoms with Crippen molar-refractivity contribution in [1.29, 1.82) is 0 Å².